The van der Waals surface area contributed by atoms with Crippen molar-refractivity contribution in [1.82, 2.24) is 34.7 Å². The van der Waals surface area contributed by atoms with E-state index in [0.717, 1.165) is 0 Å². The highest BCUT2D eigenvalue weighted by Crippen LogP contribution is 2.34. The molecule has 12 heteroatoms. The molecule has 3 aromatic heterocycles. The first-order valence-corrected chi connectivity index (χ1v) is 8.42. The standard InChI is InChI=1S/C16H14FN7O4/c17-11-13(26)10(5-25)27-16(11)23-7-20-12-14(23)18-6-19-15(12)28-24-9-4-2-1-3-8(9)21-22-24/h1-4,6-7,10-11,13,16,25-26H,5H2/t10?,11-,13-,16-/m1/s1. The Hall–Kier alpha value is -3.22. The molecular formula is C16H14FN7O4. The first kappa shape index (κ1) is 16.9. The Morgan fingerprint density at radius 2 is 2.07 bits per heavy atom. The molecule has 1 fully saturated rings. The molecule has 144 valence electrons. The van der Waals surface area contributed by atoms with Gasteiger partial charge in [0, 0.05) is 0 Å². The number of para-hydroxylation sites is 1. The second-order valence-corrected chi connectivity index (χ2v) is 6.23. The molecule has 1 aliphatic rings. The molecular weight excluding hydrogens is 373 g/mol. The number of halogens is 1. The normalized spacial score (nSPS) is 25.0. The van der Waals surface area contributed by atoms with Crippen LogP contribution in [-0.4, -0.2) is 69.9 Å². The van der Waals surface area contributed by atoms with Crippen molar-refractivity contribution in [3.63, 3.8) is 0 Å². The van der Waals surface area contributed by atoms with Gasteiger partial charge in [-0.15, -0.1) is 5.10 Å². The number of alkyl halides is 1. The number of aliphatic hydroxyl groups excluding tert-OH is 2. The molecule has 0 saturated carbocycles. The monoisotopic (exact) mass is 387 g/mol. The fourth-order valence-electron chi connectivity index (χ4n) is 3.16. The van der Waals surface area contributed by atoms with Gasteiger partial charge in [0.15, 0.2) is 23.6 Å². The lowest BCUT2D eigenvalue weighted by molar-refractivity contribution is -0.0459. The van der Waals surface area contributed by atoms with E-state index in [4.69, 9.17) is 9.57 Å². The smallest absolute Gasteiger partial charge is 0.280 e. The summed E-state index contributed by atoms with van der Waals surface area (Å²) in [5.41, 5.74) is 1.76. The lowest BCUT2D eigenvalue weighted by atomic mass is 10.1. The van der Waals surface area contributed by atoms with Crippen molar-refractivity contribution in [2.45, 2.75) is 24.6 Å². The summed E-state index contributed by atoms with van der Waals surface area (Å²) in [5.74, 6) is 0.0899. The predicted molar refractivity (Wildman–Crippen MR) is 90.8 cm³/mol. The van der Waals surface area contributed by atoms with E-state index in [2.05, 4.69) is 25.3 Å². The first-order valence-electron chi connectivity index (χ1n) is 8.42. The molecule has 0 radical (unpaired) electrons. The molecule has 5 rings (SSSR count). The molecule has 2 N–H and O–H groups in total. The van der Waals surface area contributed by atoms with Gasteiger partial charge in [0.25, 0.3) is 5.88 Å². The molecule has 28 heavy (non-hydrogen) atoms. The summed E-state index contributed by atoms with van der Waals surface area (Å²) < 4.78 is 21.2. The van der Waals surface area contributed by atoms with Crippen molar-refractivity contribution < 1.29 is 24.2 Å². The third-order valence-corrected chi connectivity index (χ3v) is 4.57. The fourth-order valence-corrected chi connectivity index (χ4v) is 3.16. The number of ether oxygens (including phenoxy) is 1. The average molecular weight is 387 g/mol. The van der Waals surface area contributed by atoms with Crippen LogP contribution in [0.5, 0.6) is 5.88 Å². The SMILES string of the molecule is OCC1O[C@@H](n2cnc3c(On4nnc5ccccc54)ncnc32)[C@H](F)[C@@H]1O. The van der Waals surface area contributed by atoms with Gasteiger partial charge in [-0.1, -0.05) is 17.0 Å². The highest BCUT2D eigenvalue weighted by atomic mass is 19.1. The molecule has 4 atom stereocenters. The van der Waals surface area contributed by atoms with Crippen LogP contribution in [0.4, 0.5) is 4.39 Å². The van der Waals surface area contributed by atoms with Crippen LogP contribution in [0.1, 0.15) is 6.23 Å². The number of hydrogen-bond acceptors (Lipinski definition) is 9. The second kappa shape index (κ2) is 6.44. The molecule has 1 aliphatic heterocycles. The van der Waals surface area contributed by atoms with Gasteiger partial charge < -0.3 is 19.8 Å². The van der Waals surface area contributed by atoms with Gasteiger partial charge in [-0.3, -0.25) is 4.57 Å². The van der Waals surface area contributed by atoms with Crippen LogP contribution in [0.3, 0.4) is 0 Å². The van der Waals surface area contributed by atoms with Crippen molar-refractivity contribution in [2.24, 2.45) is 0 Å². The highest BCUT2D eigenvalue weighted by Gasteiger charge is 2.45. The van der Waals surface area contributed by atoms with E-state index in [0.29, 0.717) is 11.0 Å². The number of nitrogens with zero attached hydrogens (tertiary/aromatic N) is 7. The Balaban J connectivity index is 1.53. The maximum absolute atomic E-state index is 14.5. The Morgan fingerprint density at radius 1 is 1.21 bits per heavy atom. The van der Waals surface area contributed by atoms with Crippen LogP contribution in [0, 0.1) is 0 Å². The molecule has 0 bridgehead atoms. The first-order chi connectivity index (χ1) is 13.7. The number of aliphatic hydroxyl groups is 2. The Morgan fingerprint density at radius 3 is 2.89 bits per heavy atom. The summed E-state index contributed by atoms with van der Waals surface area (Å²) in [4.78, 5) is 19.3. The van der Waals surface area contributed by atoms with Gasteiger partial charge in [0.1, 0.15) is 29.6 Å². The lowest BCUT2D eigenvalue weighted by Crippen LogP contribution is -2.30. The average Bonchev–Trinajstić information content (AvgIpc) is 3.40. The molecule has 11 nitrogen and oxygen atoms in total. The quantitative estimate of drug-likeness (QED) is 0.496. The van der Waals surface area contributed by atoms with Gasteiger partial charge in [0.05, 0.1) is 12.9 Å². The summed E-state index contributed by atoms with van der Waals surface area (Å²) in [6, 6.07) is 7.21. The van der Waals surface area contributed by atoms with Crippen LogP contribution in [0.15, 0.2) is 36.9 Å². The van der Waals surface area contributed by atoms with E-state index >= 15 is 0 Å². The van der Waals surface area contributed by atoms with Crippen LogP contribution in [-0.2, 0) is 4.74 Å². The van der Waals surface area contributed by atoms with Crippen molar-refractivity contribution in [3.05, 3.63) is 36.9 Å². The van der Waals surface area contributed by atoms with Crippen LogP contribution in [0.25, 0.3) is 22.2 Å². The van der Waals surface area contributed by atoms with Crippen LogP contribution in [0.2, 0.25) is 0 Å². The molecule has 0 spiro atoms. The van der Waals surface area contributed by atoms with Crippen molar-refractivity contribution in [1.29, 1.82) is 0 Å². The number of aromatic nitrogens is 7. The third-order valence-electron chi connectivity index (χ3n) is 4.57. The fraction of sp³-hybridized carbons (Fsp3) is 0.312. The Bertz CT molecular complexity index is 1150. The molecule has 1 saturated heterocycles. The van der Waals surface area contributed by atoms with Gasteiger partial charge in [-0.2, -0.15) is 4.98 Å². The zero-order valence-corrected chi connectivity index (χ0v) is 14.2. The lowest BCUT2D eigenvalue weighted by Gasteiger charge is -2.14. The number of imidazole rings is 1. The number of fused-ring (bicyclic) bond motifs is 2. The molecule has 1 aromatic carbocycles. The van der Waals surface area contributed by atoms with Gasteiger partial charge >= 0.3 is 0 Å². The zero-order chi connectivity index (χ0) is 19.3. The highest BCUT2D eigenvalue weighted by molar-refractivity contribution is 5.77. The molecule has 4 heterocycles. The topological polar surface area (TPSA) is 133 Å². The van der Waals surface area contributed by atoms with Crippen LogP contribution >= 0.6 is 0 Å². The van der Waals surface area contributed by atoms with Crippen molar-refractivity contribution in [2.75, 3.05) is 6.61 Å². The predicted octanol–water partition coefficient (Wildman–Crippen LogP) is 0.00180. The summed E-state index contributed by atoms with van der Waals surface area (Å²) >= 11 is 0. The van der Waals surface area contributed by atoms with E-state index < -0.39 is 31.2 Å². The molecule has 1 unspecified atom stereocenters. The number of rotatable bonds is 4. The van der Waals surface area contributed by atoms with E-state index in [1.807, 2.05) is 12.1 Å². The maximum Gasteiger partial charge on any atom is 0.280 e. The van der Waals surface area contributed by atoms with Gasteiger partial charge in [0.2, 0.25) is 0 Å². The zero-order valence-electron chi connectivity index (χ0n) is 14.2. The Labute approximate surface area is 155 Å². The Kier molecular flexibility index (Phi) is 3.89. The summed E-state index contributed by atoms with van der Waals surface area (Å²) in [7, 11) is 0. The van der Waals surface area contributed by atoms with Crippen LogP contribution < -0.4 is 4.84 Å². The minimum Gasteiger partial charge on any atom is -0.394 e. The van der Waals surface area contributed by atoms with Crippen molar-refractivity contribution >= 4 is 22.2 Å². The molecule has 4 aromatic rings. The third kappa shape index (κ3) is 2.50. The molecule has 0 amide bonds. The minimum atomic E-state index is -1.76. The summed E-state index contributed by atoms with van der Waals surface area (Å²) in [6.07, 6.45) is -2.88. The largest absolute Gasteiger partial charge is 0.394 e. The molecule has 0 aliphatic carbocycles. The van der Waals surface area contributed by atoms with E-state index in [-0.39, 0.29) is 17.0 Å². The maximum atomic E-state index is 14.5. The van der Waals surface area contributed by atoms with Crippen molar-refractivity contribution in [3.8, 4) is 5.88 Å². The van der Waals surface area contributed by atoms with Gasteiger partial charge in [-0.25, -0.2) is 14.4 Å². The van der Waals surface area contributed by atoms with Gasteiger partial charge in [-0.05, 0) is 17.3 Å². The number of hydrogen-bond donors (Lipinski definition) is 2. The minimum absolute atomic E-state index is 0.0899. The second-order valence-electron chi connectivity index (χ2n) is 6.23. The summed E-state index contributed by atoms with van der Waals surface area (Å²) in [5, 5.41) is 27.0. The van der Waals surface area contributed by atoms with E-state index in [1.54, 1.807) is 12.1 Å². The van der Waals surface area contributed by atoms with E-state index in [1.165, 1.54) is 22.1 Å². The summed E-state index contributed by atoms with van der Waals surface area (Å²) in [6.45, 7) is -0.507. The number of benzene rings is 1. The van der Waals surface area contributed by atoms with E-state index in [9.17, 15) is 14.6 Å².